The van der Waals surface area contributed by atoms with Crippen LogP contribution in [0.2, 0.25) is 5.02 Å². The molecule has 0 atom stereocenters. The van der Waals surface area contributed by atoms with E-state index < -0.39 is 0 Å². The number of morpholine rings is 1. The van der Waals surface area contributed by atoms with Crippen LogP contribution in [-0.4, -0.2) is 60.8 Å². The number of nitrogens with zero attached hydrogens (tertiary/aromatic N) is 6. The minimum Gasteiger partial charge on any atom is -0.379 e. The molecule has 0 unspecified atom stereocenters. The summed E-state index contributed by atoms with van der Waals surface area (Å²) in [6.07, 6.45) is 1.88. The number of hydrogen-bond donors (Lipinski definition) is 0. The summed E-state index contributed by atoms with van der Waals surface area (Å²) in [6, 6.07) is 5.69. The molecular weight excluding hydrogens is 432 g/mol. The number of ether oxygens (including phenoxy) is 1. The minimum absolute atomic E-state index is 0.321. The maximum atomic E-state index is 13.4. The van der Waals surface area contributed by atoms with Crippen LogP contribution in [0.3, 0.4) is 0 Å². The van der Waals surface area contributed by atoms with E-state index in [0.29, 0.717) is 48.3 Å². The van der Waals surface area contributed by atoms with Crippen LogP contribution in [0, 0.1) is 13.8 Å². The van der Waals surface area contributed by atoms with Crippen LogP contribution in [0.25, 0.3) is 22.6 Å². The van der Waals surface area contributed by atoms with Gasteiger partial charge in [0, 0.05) is 50.1 Å². The summed E-state index contributed by atoms with van der Waals surface area (Å²) in [5.74, 6) is 0.570. The Hall–Kier alpha value is -2.88. The van der Waals surface area contributed by atoms with Crippen molar-refractivity contribution >= 4 is 28.5 Å². The maximum Gasteiger partial charge on any atom is 0.332 e. The normalized spacial score (nSPS) is 15.2. The largest absolute Gasteiger partial charge is 0.379 e. The third kappa shape index (κ3) is 3.19. The van der Waals surface area contributed by atoms with Crippen molar-refractivity contribution in [2.45, 2.75) is 20.4 Å². The Morgan fingerprint density at radius 3 is 2.62 bits per heavy atom. The van der Waals surface area contributed by atoms with Crippen LogP contribution < -0.4 is 11.2 Å². The number of imidazole rings is 2. The van der Waals surface area contributed by atoms with Gasteiger partial charge in [-0.05, 0) is 31.5 Å². The zero-order chi connectivity index (χ0) is 22.6. The third-order valence-corrected chi connectivity index (χ3v) is 6.66. The molecule has 168 valence electrons. The summed E-state index contributed by atoms with van der Waals surface area (Å²) in [5, 5.41) is 0.655. The number of halogens is 1. The molecule has 0 saturated carbocycles. The highest BCUT2D eigenvalue weighted by Crippen LogP contribution is 2.26. The molecule has 4 heterocycles. The Kier molecular flexibility index (Phi) is 5.19. The smallest absolute Gasteiger partial charge is 0.332 e. The van der Waals surface area contributed by atoms with E-state index in [1.54, 1.807) is 11.4 Å². The Labute approximate surface area is 189 Å². The topological polar surface area (TPSA) is 78.7 Å². The van der Waals surface area contributed by atoms with E-state index in [1.165, 1.54) is 9.13 Å². The molecule has 10 heteroatoms. The first kappa shape index (κ1) is 21.0. The average Bonchev–Trinajstić information content (AvgIpc) is 3.30. The summed E-state index contributed by atoms with van der Waals surface area (Å²) in [5.41, 5.74) is 2.78. The predicted molar refractivity (Wildman–Crippen MR) is 123 cm³/mol. The fraction of sp³-hybridized carbons (Fsp3) is 0.409. The van der Waals surface area contributed by atoms with Crippen molar-refractivity contribution in [3.8, 4) is 5.69 Å². The lowest BCUT2D eigenvalue weighted by atomic mass is 10.2. The Balaban J connectivity index is 1.69. The zero-order valence-corrected chi connectivity index (χ0v) is 19.1. The molecular formula is C22H25ClN6O3. The van der Waals surface area contributed by atoms with Gasteiger partial charge in [-0.1, -0.05) is 17.7 Å². The first-order chi connectivity index (χ1) is 15.4. The number of hydrogen-bond acceptors (Lipinski definition) is 5. The van der Waals surface area contributed by atoms with Crippen LogP contribution in [-0.2, 0) is 18.3 Å². The van der Waals surface area contributed by atoms with Crippen molar-refractivity contribution in [3.63, 3.8) is 0 Å². The van der Waals surface area contributed by atoms with Crippen molar-refractivity contribution in [1.82, 2.24) is 28.0 Å². The van der Waals surface area contributed by atoms with E-state index in [2.05, 4.69) is 4.90 Å². The fourth-order valence-electron chi connectivity index (χ4n) is 4.41. The minimum atomic E-state index is -0.362. The van der Waals surface area contributed by atoms with Gasteiger partial charge in [0.25, 0.3) is 5.56 Å². The van der Waals surface area contributed by atoms with E-state index in [0.717, 1.165) is 30.0 Å². The molecule has 3 aromatic heterocycles. The lowest BCUT2D eigenvalue weighted by Gasteiger charge is -2.26. The van der Waals surface area contributed by atoms with Gasteiger partial charge in [0.2, 0.25) is 5.78 Å². The van der Waals surface area contributed by atoms with Crippen molar-refractivity contribution in [2.24, 2.45) is 7.05 Å². The average molecular weight is 457 g/mol. The van der Waals surface area contributed by atoms with Gasteiger partial charge in [-0.15, -0.1) is 0 Å². The summed E-state index contributed by atoms with van der Waals surface area (Å²) in [4.78, 5) is 33.4. The Morgan fingerprint density at radius 2 is 1.88 bits per heavy atom. The molecule has 1 aliphatic heterocycles. The number of fused-ring (bicyclic) bond motifs is 3. The van der Waals surface area contributed by atoms with Gasteiger partial charge in [-0.3, -0.25) is 27.8 Å². The summed E-state index contributed by atoms with van der Waals surface area (Å²) >= 11 is 6.35. The second-order valence-electron chi connectivity index (χ2n) is 8.20. The third-order valence-electron chi connectivity index (χ3n) is 6.25. The SMILES string of the molecule is Cc1c(Cl)cccc1-n1c(C)cn2c3c(=O)n(CCN4CCOCC4)c(=O)n(C)c3nc12. The summed E-state index contributed by atoms with van der Waals surface area (Å²) in [6.45, 7) is 7.79. The van der Waals surface area contributed by atoms with Crippen LogP contribution >= 0.6 is 11.6 Å². The molecule has 0 bridgehead atoms. The molecule has 0 aliphatic carbocycles. The number of rotatable bonds is 4. The fourth-order valence-corrected chi connectivity index (χ4v) is 4.58. The van der Waals surface area contributed by atoms with Gasteiger partial charge in [0.15, 0.2) is 11.2 Å². The molecule has 1 fully saturated rings. The molecule has 5 rings (SSSR count). The molecule has 9 nitrogen and oxygen atoms in total. The number of aromatic nitrogens is 5. The second-order valence-corrected chi connectivity index (χ2v) is 8.60. The summed E-state index contributed by atoms with van der Waals surface area (Å²) < 4.78 is 11.9. The predicted octanol–water partition coefficient (Wildman–Crippen LogP) is 1.74. The zero-order valence-electron chi connectivity index (χ0n) is 18.3. The molecule has 0 radical (unpaired) electrons. The van der Waals surface area contributed by atoms with Crippen LogP contribution in [0.4, 0.5) is 0 Å². The van der Waals surface area contributed by atoms with Crippen LogP contribution in [0.5, 0.6) is 0 Å². The van der Waals surface area contributed by atoms with Gasteiger partial charge in [0.05, 0.1) is 18.9 Å². The van der Waals surface area contributed by atoms with Gasteiger partial charge < -0.3 is 4.74 Å². The van der Waals surface area contributed by atoms with E-state index in [1.807, 2.05) is 42.8 Å². The van der Waals surface area contributed by atoms with E-state index in [4.69, 9.17) is 21.3 Å². The van der Waals surface area contributed by atoms with Crippen molar-refractivity contribution < 1.29 is 4.74 Å². The standard InChI is InChI=1S/C22H25ClN6O3/c1-14-13-28-18-19(24-21(28)29(14)17-6-4-5-16(23)15(17)2)25(3)22(31)27(20(18)30)8-7-26-9-11-32-12-10-26/h4-6,13H,7-12H2,1-3H3. The molecule has 4 aromatic rings. The highest BCUT2D eigenvalue weighted by Gasteiger charge is 2.22. The van der Waals surface area contributed by atoms with Crippen LogP contribution in [0.15, 0.2) is 34.0 Å². The first-order valence-corrected chi connectivity index (χ1v) is 11.0. The highest BCUT2D eigenvalue weighted by molar-refractivity contribution is 6.31. The number of benzene rings is 1. The van der Waals surface area contributed by atoms with Crippen molar-refractivity contribution in [1.29, 1.82) is 0 Å². The molecule has 0 N–H and O–H groups in total. The highest BCUT2D eigenvalue weighted by atomic mass is 35.5. The second kappa shape index (κ2) is 7.91. The lowest BCUT2D eigenvalue weighted by Crippen LogP contribution is -2.44. The van der Waals surface area contributed by atoms with Crippen molar-refractivity contribution in [2.75, 3.05) is 32.8 Å². The first-order valence-electron chi connectivity index (χ1n) is 10.6. The van der Waals surface area contributed by atoms with E-state index >= 15 is 0 Å². The lowest BCUT2D eigenvalue weighted by molar-refractivity contribution is 0.0361. The molecule has 0 amide bonds. The maximum absolute atomic E-state index is 13.4. The quantitative estimate of drug-likeness (QED) is 0.467. The monoisotopic (exact) mass is 456 g/mol. The van der Waals surface area contributed by atoms with Crippen LogP contribution in [0.1, 0.15) is 11.3 Å². The Morgan fingerprint density at radius 1 is 1.12 bits per heavy atom. The van der Waals surface area contributed by atoms with Gasteiger partial charge >= 0.3 is 5.69 Å². The number of aryl methyl sites for hydroxylation is 2. The molecule has 1 aromatic carbocycles. The molecule has 1 saturated heterocycles. The molecule has 1 aliphatic rings. The summed E-state index contributed by atoms with van der Waals surface area (Å²) in [7, 11) is 1.66. The van der Waals surface area contributed by atoms with Gasteiger partial charge in [-0.25, -0.2) is 4.79 Å². The Bertz CT molecular complexity index is 1450. The molecule has 0 spiro atoms. The molecule has 32 heavy (non-hydrogen) atoms. The van der Waals surface area contributed by atoms with Gasteiger partial charge in [0.1, 0.15) is 0 Å². The van der Waals surface area contributed by atoms with E-state index in [-0.39, 0.29) is 11.2 Å². The van der Waals surface area contributed by atoms with E-state index in [9.17, 15) is 9.59 Å². The van der Waals surface area contributed by atoms with Gasteiger partial charge in [-0.2, -0.15) is 4.98 Å². The van der Waals surface area contributed by atoms with Crippen molar-refractivity contribution in [3.05, 3.63) is 61.5 Å².